The summed E-state index contributed by atoms with van der Waals surface area (Å²) >= 11 is 0. The van der Waals surface area contributed by atoms with Crippen LogP contribution in [0.2, 0.25) is 0 Å². The van der Waals surface area contributed by atoms with Crippen molar-refractivity contribution in [2.24, 2.45) is 7.05 Å². The van der Waals surface area contributed by atoms with Crippen LogP contribution in [0.5, 0.6) is 0 Å². The van der Waals surface area contributed by atoms with Gasteiger partial charge in [-0.15, -0.1) is 5.10 Å². The minimum absolute atomic E-state index is 0.284. The number of anilines is 1. The highest BCUT2D eigenvalue weighted by atomic mass is 16.2. The lowest BCUT2D eigenvalue weighted by Crippen LogP contribution is -2.29. The fraction of sp³-hybridized carbons (Fsp3) is 0.545. The van der Waals surface area contributed by atoms with E-state index in [1.54, 1.807) is 17.9 Å². The third kappa shape index (κ3) is 2.52. The van der Waals surface area contributed by atoms with Crippen LogP contribution in [0.4, 0.5) is 5.95 Å². The Kier molecular flexibility index (Phi) is 3.42. The zero-order valence-corrected chi connectivity index (χ0v) is 11.2. The normalized spacial score (nSPS) is 16.2. The number of carbonyl (C=O) groups excluding carboxylic acids is 1. The largest absolute Gasteiger partial charge is 0.317 e. The topological polar surface area (TPSA) is 103 Å². The van der Waals surface area contributed by atoms with E-state index in [-0.39, 0.29) is 11.6 Å². The van der Waals surface area contributed by atoms with Crippen molar-refractivity contribution in [1.29, 1.82) is 0 Å². The molecule has 1 fully saturated rings. The SMILES string of the molecule is Cn1ncnc1NC(=O)c1cn(C2CCNCC2)nn1. The predicted octanol–water partition coefficient (Wildman–Crippen LogP) is -0.417. The van der Waals surface area contributed by atoms with Gasteiger partial charge in [0.2, 0.25) is 5.95 Å². The summed E-state index contributed by atoms with van der Waals surface area (Å²) in [5, 5.41) is 17.8. The number of rotatable bonds is 3. The number of piperidine rings is 1. The number of amides is 1. The molecule has 0 saturated carbocycles. The van der Waals surface area contributed by atoms with Crippen LogP contribution in [0, 0.1) is 0 Å². The number of nitrogens with one attached hydrogen (secondary N) is 2. The zero-order chi connectivity index (χ0) is 13.9. The third-order valence-electron chi connectivity index (χ3n) is 3.36. The maximum Gasteiger partial charge on any atom is 0.280 e. The molecule has 0 bridgehead atoms. The van der Waals surface area contributed by atoms with Gasteiger partial charge in [0.05, 0.1) is 12.2 Å². The molecule has 3 rings (SSSR count). The van der Waals surface area contributed by atoms with Crippen molar-refractivity contribution in [1.82, 2.24) is 35.1 Å². The summed E-state index contributed by atoms with van der Waals surface area (Å²) < 4.78 is 3.25. The first-order chi connectivity index (χ1) is 9.74. The number of hydrogen-bond donors (Lipinski definition) is 2. The Morgan fingerprint density at radius 3 is 2.95 bits per heavy atom. The first-order valence-electron chi connectivity index (χ1n) is 6.52. The fourth-order valence-corrected chi connectivity index (χ4v) is 2.21. The van der Waals surface area contributed by atoms with E-state index < -0.39 is 0 Å². The third-order valence-corrected chi connectivity index (χ3v) is 3.36. The van der Waals surface area contributed by atoms with Gasteiger partial charge in [-0.1, -0.05) is 5.21 Å². The van der Waals surface area contributed by atoms with Crippen LogP contribution in [-0.2, 0) is 7.05 Å². The molecule has 106 valence electrons. The lowest BCUT2D eigenvalue weighted by molar-refractivity contribution is 0.102. The van der Waals surface area contributed by atoms with Gasteiger partial charge in [0.15, 0.2) is 5.69 Å². The van der Waals surface area contributed by atoms with Crippen LogP contribution in [0.3, 0.4) is 0 Å². The van der Waals surface area contributed by atoms with Crippen LogP contribution in [-0.4, -0.2) is 48.8 Å². The van der Waals surface area contributed by atoms with Gasteiger partial charge < -0.3 is 5.32 Å². The minimum Gasteiger partial charge on any atom is -0.317 e. The molecule has 2 aromatic rings. The van der Waals surface area contributed by atoms with Gasteiger partial charge in [0.25, 0.3) is 5.91 Å². The quantitative estimate of drug-likeness (QED) is 0.789. The molecule has 1 amide bonds. The Morgan fingerprint density at radius 2 is 2.25 bits per heavy atom. The summed E-state index contributed by atoms with van der Waals surface area (Å²) in [5.41, 5.74) is 0.284. The standard InChI is InChI=1S/C11H16N8O/c1-18-11(13-7-14-18)15-10(20)9-6-19(17-16-9)8-2-4-12-5-3-8/h6-8,12H,2-5H2,1H3,(H,13,14,15,20). The molecular formula is C11H16N8O. The fourth-order valence-electron chi connectivity index (χ4n) is 2.21. The molecule has 1 saturated heterocycles. The van der Waals surface area contributed by atoms with E-state index in [1.165, 1.54) is 11.0 Å². The summed E-state index contributed by atoms with van der Waals surface area (Å²) in [6.07, 6.45) is 5.05. The molecule has 0 aromatic carbocycles. The van der Waals surface area contributed by atoms with E-state index in [4.69, 9.17) is 0 Å². The van der Waals surface area contributed by atoms with E-state index in [1.807, 2.05) is 0 Å². The number of carbonyl (C=O) groups is 1. The van der Waals surface area contributed by atoms with Gasteiger partial charge in [0, 0.05) is 7.05 Å². The smallest absolute Gasteiger partial charge is 0.280 e. The van der Waals surface area contributed by atoms with E-state index >= 15 is 0 Å². The Hall–Kier alpha value is -2.29. The average molecular weight is 276 g/mol. The van der Waals surface area contributed by atoms with Gasteiger partial charge >= 0.3 is 0 Å². The highest BCUT2D eigenvalue weighted by Gasteiger charge is 2.19. The molecule has 1 aliphatic heterocycles. The van der Waals surface area contributed by atoms with E-state index in [0.29, 0.717) is 12.0 Å². The van der Waals surface area contributed by atoms with Crippen molar-refractivity contribution in [2.45, 2.75) is 18.9 Å². The maximum absolute atomic E-state index is 12.0. The summed E-state index contributed by atoms with van der Waals surface area (Å²) in [7, 11) is 1.70. The number of hydrogen-bond acceptors (Lipinski definition) is 6. The molecule has 3 heterocycles. The van der Waals surface area contributed by atoms with Crippen molar-refractivity contribution < 1.29 is 4.79 Å². The van der Waals surface area contributed by atoms with Crippen LogP contribution in [0.1, 0.15) is 29.4 Å². The number of aromatic nitrogens is 6. The van der Waals surface area contributed by atoms with Gasteiger partial charge in [-0.05, 0) is 25.9 Å². The summed E-state index contributed by atoms with van der Waals surface area (Å²) in [6.45, 7) is 1.93. The second kappa shape index (κ2) is 5.37. The molecule has 1 aliphatic rings. The Bertz CT molecular complexity index is 597. The maximum atomic E-state index is 12.0. The van der Waals surface area contributed by atoms with E-state index in [9.17, 15) is 4.79 Å². The molecule has 2 aromatic heterocycles. The highest BCUT2D eigenvalue weighted by molar-refractivity contribution is 6.01. The predicted molar refractivity (Wildman–Crippen MR) is 70.1 cm³/mol. The van der Waals surface area contributed by atoms with Crippen molar-refractivity contribution >= 4 is 11.9 Å². The van der Waals surface area contributed by atoms with Gasteiger partial charge in [0.1, 0.15) is 6.33 Å². The molecule has 0 atom stereocenters. The minimum atomic E-state index is -0.332. The monoisotopic (exact) mass is 276 g/mol. The molecule has 9 nitrogen and oxygen atoms in total. The summed E-state index contributed by atoms with van der Waals surface area (Å²) in [4.78, 5) is 16.0. The summed E-state index contributed by atoms with van der Waals surface area (Å²) in [5.74, 6) is 0.0488. The molecule has 0 spiro atoms. The molecule has 0 unspecified atom stereocenters. The second-order valence-corrected chi connectivity index (χ2v) is 4.73. The van der Waals surface area contributed by atoms with Gasteiger partial charge in [-0.25, -0.2) is 9.36 Å². The van der Waals surface area contributed by atoms with Crippen LogP contribution >= 0.6 is 0 Å². The summed E-state index contributed by atoms with van der Waals surface area (Å²) in [6, 6.07) is 0.306. The van der Waals surface area contributed by atoms with Gasteiger partial charge in [-0.2, -0.15) is 10.1 Å². The second-order valence-electron chi connectivity index (χ2n) is 4.73. The molecule has 20 heavy (non-hydrogen) atoms. The van der Waals surface area contributed by atoms with Crippen molar-refractivity contribution in [3.63, 3.8) is 0 Å². The first-order valence-corrected chi connectivity index (χ1v) is 6.52. The molecule has 2 N–H and O–H groups in total. The van der Waals surface area contributed by atoms with Crippen LogP contribution < -0.4 is 10.6 Å². The zero-order valence-electron chi connectivity index (χ0n) is 11.2. The molecule has 0 aliphatic carbocycles. The highest BCUT2D eigenvalue weighted by Crippen LogP contribution is 2.17. The average Bonchev–Trinajstić information content (AvgIpc) is 3.10. The number of aryl methyl sites for hydroxylation is 1. The molecule has 0 radical (unpaired) electrons. The lowest BCUT2D eigenvalue weighted by Gasteiger charge is -2.22. The Morgan fingerprint density at radius 1 is 1.45 bits per heavy atom. The van der Waals surface area contributed by atoms with Crippen LogP contribution in [0.15, 0.2) is 12.5 Å². The van der Waals surface area contributed by atoms with Crippen molar-refractivity contribution in [3.05, 3.63) is 18.2 Å². The van der Waals surface area contributed by atoms with Crippen molar-refractivity contribution in [2.75, 3.05) is 18.4 Å². The number of nitrogens with zero attached hydrogens (tertiary/aromatic N) is 6. The van der Waals surface area contributed by atoms with Gasteiger partial charge in [-0.3, -0.25) is 10.1 Å². The lowest BCUT2D eigenvalue weighted by atomic mass is 10.1. The van der Waals surface area contributed by atoms with E-state index in [2.05, 4.69) is 31.0 Å². The Labute approximate surface area is 115 Å². The van der Waals surface area contributed by atoms with E-state index in [0.717, 1.165) is 25.9 Å². The van der Waals surface area contributed by atoms with Crippen molar-refractivity contribution in [3.8, 4) is 0 Å². The Balaban J connectivity index is 1.69. The molecule has 9 heteroatoms. The van der Waals surface area contributed by atoms with Crippen LogP contribution in [0.25, 0.3) is 0 Å². The first kappa shape index (κ1) is 12.7. The molecular weight excluding hydrogens is 260 g/mol.